The molecule has 2 unspecified atom stereocenters. The summed E-state index contributed by atoms with van der Waals surface area (Å²) in [5.41, 5.74) is 2.77. The maximum absolute atomic E-state index is 12.1. The molecule has 2 amide bonds. The van der Waals surface area contributed by atoms with Gasteiger partial charge in [-0.1, -0.05) is 17.2 Å². The number of rotatable bonds is 7. The van der Waals surface area contributed by atoms with Gasteiger partial charge < -0.3 is 20.7 Å². The van der Waals surface area contributed by atoms with Gasteiger partial charge in [0.25, 0.3) is 5.91 Å². The molecule has 2 fully saturated rings. The zero-order chi connectivity index (χ0) is 17.8. The van der Waals surface area contributed by atoms with E-state index >= 15 is 0 Å². The van der Waals surface area contributed by atoms with Crippen molar-refractivity contribution < 1.29 is 14.3 Å². The summed E-state index contributed by atoms with van der Waals surface area (Å²) in [5, 5.41) is 9.04. The molecule has 1 saturated carbocycles. The monoisotopic (exact) mass is 345 g/mol. The highest BCUT2D eigenvalue weighted by Gasteiger charge is 2.40. The standard InChI is InChI=1S/C19H27N3O3/c1-12-5-13(2)7-14(6-12)19(24)21-4-3-20-18(23)11-25-17-9-16-8-15(17)10-22-16/h5-7,15-17,22H,3-4,8-11H2,1-2H3,(H,20,23)(H,21,24)/t15-,16?,17?/m0/s1. The SMILES string of the molecule is Cc1cc(C)cc(C(=O)NCCNC(=O)COC2CC3C[C@H]2CN3)c1. The fraction of sp³-hybridized carbons (Fsp3) is 0.579. The van der Waals surface area contributed by atoms with Crippen LogP contribution in [0.4, 0.5) is 0 Å². The van der Waals surface area contributed by atoms with E-state index in [2.05, 4.69) is 16.0 Å². The average Bonchev–Trinajstić information content (AvgIpc) is 3.18. The van der Waals surface area contributed by atoms with Crippen molar-refractivity contribution >= 4 is 11.8 Å². The van der Waals surface area contributed by atoms with Crippen LogP contribution in [0.2, 0.25) is 0 Å². The first-order chi connectivity index (χ1) is 12.0. The van der Waals surface area contributed by atoms with Crippen LogP contribution in [-0.4, -0.2) is 50.2 Å². The van der Waals surface area contributed by atoms with Crippen molar-refractivity contribution in [3.63, 3.8) is 0 Å². The molecule has 3 rings (SSSR count). The molecule has 6 nitrogen and oxygen atoms in total. The van der Waals surface area contributed by atoms with Crippen LogP contribution in [0.3, 0.4) is 0 Å². The minimum absolute atomic E-state index is 0.0961. The van der Waals surface area contributed by atoms with E-state index in [0.29, 0.717) is 30.6 Å². The summed E-state index contributed by atoms with van der Waals surface area (Å²) < 4.78 is 5.73. The summed E-state index contributed by atoms with van der Waals surface area (Å²) in [6, 6.07) is 6.32. The van der Waals surface area contributed by atoms with E-state index < -0.39 is 0 Å². The van der Waals surface area contributed by atoms with Crippen LogP contribution in [0.5, 0.6) is 0 Å². The lowest BCUT2D eigenvalue weighted by atomic mass is 10.1. The fourth-order valence-corrected chi connectivity index (χ4v) is 3.81. The number of piperidine rings is 1. The predicted molar refractivity (Wildman–Crippen MR) is 95.5 cm³/mol. The summed E-state index contributed by atoms with van der Waals surface area (Å²) >= 11 is 0. The zero-order valence-corrected chi connectivity index (χ0v) is 14.9. The lowest BCUT2D eigenvalue weighted by molar-refractivity contribution is -0.128. The number of aryl methyl sites for hydroxylation is 2. The average molecular weight is 345 g/mol. The molecule has 0 spiro atoms. The maximum atomic E-state index is 12.1. The largest absolute Gasteiger partial charge is 0.368 e. The molecule has 2 aliphatic rings. The minimum atomic E-state index is -0.128. The Hall–Kier alpha value is -1.92. The smallest absolute Gasteiger partial charge is 0.251 e. The molecule has 2 bridgehead atoms. The van der Waals surface area contributed by atoms with Gasteiger partial charge in [0.1, 0.15) is 6.61 Å². The highest BCUT2D eigenvalue weighted by molar-refractivity contribution is 5.94. The van der Waals surface area contributed by atoms with Gasteiger partial charge in [-0.15, -0.1) is 0 Å². The topological polar surface area (TPSA) is 79.5 Å². The summed E-state index contributed by atoms with van der Waals surface area (Å²) in [4.78, 5) is 24.0. The first kappa shape index (κ1) is 17.9. The third-order valence-electron chi connectivity index (χ3n) is 4.94. The number of fused-ring (bicyclic) bond motifs is 2. The molecule has 25 heavy (non-hydrogen) atoms. The molecular weight excluding hydrogens is 318 g/mol. The van der Waals surface area contributed by atoms with Gasteiger partial charge in [0.15, 0.2) is 0 Å². The molecule has 1 aliphatic heterocycles. The molecule has 3 atom stereocenters. The Morgan fingerprint density at radius 2 is 1.84 bits per heavy atom. The molecule has 136 valence electrons. The van der Waals surface area contributed by atoms with Crippen molar-refractivity contribution in [2.24, 2.45) is 5.92 Å². The van der Waals surface area contributed by atoms with Crippen molar-refractivity contribution in [2.45, 2.75) is 38.8 Å². The van der Waals surface area contributed by atoms with E-state index in [1.54, 1.807) is 0 Å². The van der Waals surface area contributed by atoms with Gasteiger partial charge in [-0.05, 0) is 44.7 Å². The predicted octanol–water partition coefficient (Wildman–Crippen LogP) is 0.916. The fourth-order valence-electron chi connectivity index (χ4n) is 3.81. The van der Waals surface area contributed by atoms with Crippen LogP contribution < -0.4 is 16.0 Å². The lowest BCUT2D eigenvalue weighted by Gasteiger charge is -2.22. The Morgan fingerprint density at radius 1 is 1.12 bits per heavy atom. The quantitative estimate of drug-likeness (QED) is 0.642. The second-order valence-electron chi connectivity index (χ2n) is 7.17. The Labute approximate surface area is 148 Å². The summed E-state index contributed by atoms with van der Waals surface area (Å²) in [6.45, 7) is 5.83. The van der Waals surface area contributed by atoms with Gasteiger partial charge in [0.2, 0.25) is 5.91 Å². The number of benzene rings is 1. The van der Waals surface area contributed by atoms with Crippen LogP contribution in [0.15, 0.2) is 18.2 Å². The van der Waals surface area contributed by atoms with Crippen molar-refractivity contribution in [1.82, 2.24) is 16.0 Å². The number of hydrogen-bond donors (Lipinski definition) is 3. The van der Waals surface area contributed by atoms with Crippen molar-refractivity contribution in [3.8, 4) is 0 Å². The third-order valence-corrected chi connectivity index (χ3v) is 4.94. The van der Waals surface area contributed by atoms with Crippen LogP contribution >= 0.6 is 0 Å². The molecule has 1 aromatic rings. The molecule has 1 saturated heterocycles. The molecule has 3 N–H and O–H groups in total. The number of carbonyl (C=O) groups excluding carboxylic acids is 2. The summed E-state index contributed by atoms with van der Waals surface area (Å²) in [5.74, 6) is 0.304. The van der Waals surface area contributed by atoms with Crippen LogP contribution in [0, 0.1) is 19.8 Å². The Morgan fingerprint density at radius 3 is 2.48 bits per heavy atom. The van der Waals surface area contributed by atoms with Crippen LogP contribution in [0.1, 0.15) is 34.3 Å². The van der Waals surface area contributed by atoms with Gasteiger partial charge in [0, 0.05) is 31.2 Å². The molecule has 1 heterocycles. The van der Waals surface area contributed by atoms with Gasteiger partial charge in [0.05, 0.1) is 6.10 Å². The van der Waals surface area contributed by atoms with Gasteiger partial charge in [-0.2, -0.15) is 0 Å². The highest BCUT2D eigenvalue weighted by Crippen LogP contribution is 2.33. The van der Waals surface area contributed by atoms with Crippen molar-refractivity contribution in [3.05, 3.63) is 34.9 Å². The third kappa shape index (κ3) is 4.80. The van der Waals surface area contributed by atoms with Crippen molar-refractivity contribution in [1.29, 1.82) is 0 Å². The van der Waals surface area contributed by atoms with E-state index in [1.165, 1.54) is 0 Å². The highest BCUT2D eigenvalue weighted by atomic mass is 16.5. The lowest BCUT2D eigenvalue weighted by Crippen LogP contribution is -2.39. The van der Waals surface area contributed by atoms with Crippen molar-refractivity contribution in [2.75, 3.05) is 26.2 Å². The minimum Gasteiger partial charge on any atom is -0.368 e. The number of nitrogens with one attached hydrogen (secondary N) is 3. The second kappa shape index (κ2) is 7.97. The number of ether oxygens (including phenoxy) is 1. The molecule has 1 aliphatic carbocycles. The van der Waals surface area contributed by atoms with E-state index in [1.807, 2.05) is 32.0 Å². The first-order valence-electron chi connectivity index (χ1n) is 8.99. The molecule has 0 radical (unpaired) electrons. The van der Waals surface area contributed by atoms with Crippen LogP contribution in [0.25, 0.3) is 0 Å². The number of amides is 2. The van der Waals surface area contributed by atoms with E-state index in [-0.39, 0.29) is 24.5 Å². The van der Waals surface area contributed by atoms with E-state index in [9.17, 15) is 9.59 Å². The molecule has 1 aromatic carbocycles. The summed E-state index contributed by atoms with van der Waals surface area (Å²) in [7, 11) is 0. The van der Waals surface area contributed by atoms with Gasteiger partial charge >= 0.3 is 0 Å². The Kier molecular flexibility index (Phi) is 5.71. The Balaban J connectivity index is 1.31. The summed E-state index contributed by atoms with van der Waals surface area (Å²) in [6.07, 6.45) is 2.38. The first-order valence-corrected chi connectivity index (χ1v) is 8.99. The molecule has 6 heteroatoms. The van der Waals surface area contributed by atoms with Crippen LogP contribution in [-0.2, 0) is 9.53 Å². The zero-order valence-electron chi connectivity index (χ0n) is 14.9. The van der Waals surface area contributed by atoms with E-state index in [0.717, 1.165) is 30.5 Å². The van der Waals surface area contributed by atoms with E-state index in [4.69, 9.17) is 4.74 Å². The second-order valence-corrected chi connectivity index (χ2v) is 7.17. The maximum Gasteiger partial charge on any atom is 0.251 e. The van der Waals surface area contributed by atoms with Gasteiger partial charge in [-0.25, -0.2) is 0 Å². The number of carbonyl (C=O) groups is 2. The molecule has 0 aromatic heterocycles. The molecular formula is C19H27N3O3. The number of hydrogen-bond acceptors (Lipinski definition) is 4. The normalized spacial score (nSPS) is 24.3. The van der Waals surface area contributed by atoms with Gasteiger partial charge in [-0.3, -0.25) is 9.59 Å². The Bertz CT molecular complexity index is 627.